The molecule has 0 N–H and O–H groups in total. The molecule has 0 aliphatic heterocycles. The molecule has 0 atom stereocenters. The molecule has 0 rings (SSSR count). The Morgan fingerprint density at radius 3 is 2.45 bits per heavy atom. The highest BCUT2D eigenvalue weighted by molar-refractivity contribution is 14.1. The Balaban J connectivity index is 3.21. The molecule has 0 aromatic heterocycles. The van der Waals surface area contributed by atoms with Gasteiger partial charge in [0.25, 0.3) is 0 Å². The first-order valence-corrected chi connectivity index (χ1v) is 4.90. The third-order valence-electron chi connectivity index (χ3n) is 1.43. The molecule has 0 unspecified atom stereocenters. The summed E-state index contributed by atoms with van der Waals surface area (Å²) in [5, 5.41) is 0. The smallest absolute Gasteiger partial charge is 0.156 e. The zero-order valence-corrected chi connectivity index (χ0v) is 9.21. The second-order valence-corrected chi connectivity index (χ2v) is 2.91. The summed E-state index contributed by atoms with van der Waals surface area (Å²) in [6, 6.07) is 0. The fraction of sp³-hybridized carbons (Fsp3) is 0.750. The van der Waals surface area contributed by atoms with Crippen molar-refractivity contribution in [3.8, 4) is 0 Å². The molecule has 0 bridgehead atoms. The Labute approximate surface area is 82.1 Å². The predicted molar refractivity (Wildman–Crippen MR) is 54.8 cm³/mol. The van der Waals surface area contributed by atoms with Crippen molar-refractivity contribution < 1.29 is 9.47 Å². The van der Waals surface area contributed by atoms with Crippen molar-refractivity contribution >= 4 is 22.6 Å². The highest BCUT2D eigenvalue weighted by atomic mass is 127. The van der Waals surface area contributed by atoms with Crippen molar-refractivity contribution in [2.45, 2.75) is 25.6 Å². The first-order valence-electron chi connectivity index (χ1n) is 3.66. The fourth-order valence-electron chi connectivity index (χ4n) is 0.797. The zero-order valence-electron chi connectivity index (χ0n) is 7.05. The van der Waals surface area contributed by atoms with Crippen molar-refractivity contribution in [1.82, 2.24) is 0 Å². The van der Waals surface area contributed by atoms with E-state index in [9.17, 15) is 0 Å². The lowest BCUT2D eigenvalue weighted by atomic mass is 10.2. The van der Waals surface area contributed by atoms with Crippen LogP contribution in [0.2, 0.25) is 0 Å². The number of allylic oxidation sites excluding steroid dienone is 1. The minimum atomic E-state index is -0.0300. The minimum absolute atomic E-state index is 0.0300. The molecule has 0 saturated heterocycles. The molecule has 0 heterocycles. The van der Waals surface area contributed by atoms with Gasteiger partial charge < -0.3 is 9.47 Å². The molecule has 0 fully saturated rings. The SMILES string of the molecule is COC(CCC/C=C\I)OC. The van der Waals surface area contributed by atoms with Gasteiger partial charge in [-0.25, -0.2) is 0 Å². The number of halogens is 1. The molecular weight excluding hydrogens is 255 g/mol. The van der Waals surface area contributed by atoms with Gasteiger partial charge in [-0.2, -0.15) is 0 Å². The van der Waals surface area contributed by atoms with Crippen molar-refractivity contribution in [1.29, 1.82) is 0 Å². The van der Waals surface area contributed by atoms with Gasteiger partial charge in [0.15, 0.2) is 6.29 Å². The van der Waals surface area contributed by atoms with Crippen LogP contribution in [0.3, 0.4) is 0 Å². The number of hydrogen-bond acceptors (Lipinski definition) is 2. The lowest BCUT2D eigenvalue weighted by molar-refractivity contribution is -0.106. The average Bonchev–Trinajstić information content (AvgIpc) is 2.05. The molecular formula is C8H15IO2. The van der Waals surface area contributed by atoms with E-state index in [1.165, 1.54) is 0 Å². The van der Waals surface area contributed by atoms with Crippen LogP contribution in [0.25, 0.3) is 0 Å². The van der Waals surface area contributed by atoms with Crippen LogP contribution in [0, 0.1) is 0 Å². The van der Waals surface area contributed by atoms with Crippen molar-refractivity contribution in [2.24, 2.45) is 0 Å². The second-order valence-electron chi connectivity index (χ2n) is 2.19. The fourth-order valence-corrected chi connectivity index (χ4v) is 1.16. The number of unbranched alkanes of at least 4 members (excludes halogenated alkanes) is 1. The van der Waals surface area contributed by atoms with Crippen LogP contribution in [0.15, 0.2) is 10.2 Å². The highest BCUT2D eigenvalue weighted by Gasteiger charge is 2.01. The van der Waals surface area contributed by atoms with Crippen LogP contribution in [0.4, 0.5) is 0 Å². The average molecular weight is 270 g/mol. The Kier molecular flexibility index (Phi) is 8.79. The van der Waals surface area contributed by atoms with Crippen LogP contribution in [0.5, 0.6) is 0 Å². The minimum Gasteiger partial charge on any atom is -0.356 e. The van der Waals surface area contributed by atoms with Gasteiger partial charge in [-0.1, -0.05) is 28.7 Å². The summed E-state index contributed by atoms with van der Waals surface area (Å²) < 4.78 is 12.1. The summed E-state index contributed by atoms with van der Waals surface area (Å²) in [5.41, 5.74) is 0. The van der Waals surface area contributed by atoms with E-state index in [4.69, 9.17) is 9.47 Å². The van der Waals surface area contributed by atoms with Gasteiger partial charge in [-0.15, -0.1) is 0 Å². The quantitative estimate of drug-likeness (QED) is 0.420. The van der Waals surface area contributed by atoms with E-state index in [2.05, 4.69) is 28.7 Å². The highest BCUT2D eigenvalue weighted by Crippen LogP contribution is 2.05. The monoisotopic (exact) mass is 270 g/mol. The third-order valence-corrected chi connectivity index (χ3v) is 1.93. The summed E-state index contributed by atoms with van der Waals surface area (Å²) >= 11 is 2.22. The Bertz CT molecular complexity index is 100. The molecule has 0 aromatic rings. The van der Waals surface area contributed by atoms with E-state index >= 15 is 0 Å². The first kappa shape index (κ1) is 11.4. The summed E-state index contributed by atoms with van der Waals surface area (Å²) in [7, 11) is 3.34. The molecule has 0 aliphatic rings. The first-order chi connectivity index (χ1) is 5.35. The number of hydrogen-bond donors (Lipinski definition) is 0. The summed E-state index contributed by atoms with van der Waals surface area (Å²) in [6.07, 6.45) is 5.30. The number of ether oxygens (including phenoxy) is 2. The maximum Gasteiger partial charge on any atom is 0.156 e. The van der Waals surface area contributed by atoms with Gasteiger partial charge in [0.1, 0.15) is 0 Å². The van der Waals surface area contributed by atoms with E-state index in [1.807, 2.05) is 4.08 Å². The van der Waals surface area contributed by atoms with E-state index in [0.717, 1.165) is 19.3 Å². The molecule has 2 nitrogen and oxygen atoms in total. The lowest BCUT2D eigenvalue weighted by Crippen LogP contribution is -2.11. The largest absolute Gasteiger partial charge is 0.356 e. The van der Waals surface area contributed by atoms with Gasteiger partial charge in [0.2, 0.25) is 0 Å². The lowest BCUT2D eigenvalue weighted by Gasteiger charge is -2.11. The van der Waals surface area contributed by atoms with Crippen LogP contribution in [0.1, 0.15) is 19.3 Å². The molecule has 66 valence electrons. The molecule has 0 aliphatic carbocycles. The van der Waals surface area contributed by atoms with Crippen molar-refractivity contribution in [3.05, 3.63) is 10.2 Å². The second kappa shape index (κ2) is 8.49. The van der Waals surface area contributed by atoms with Crippen LogP contribution >= 0.6 is 22.6 Å². The van der Waals surface area contributed by atoms with Gasteiger partial charge in [0, 0.05) is 14.2 Å². The van der Waals surface area contributed by atoms with Crippen LogP contribution in [-0.2, 0) is 9.47 Å². The summed E-state index contributed by atoms with van der Waals surface area (Å²) in [5.74, 6) is 0. The molecule has 0 radical (unpaired) electrons. The standard InChI is InChI=1S/C8H15IO2/c1-10-8(11-2)6-4-3-5-7-9/h5,7-8H,3-4,6H2,1-2H3/b7-5-. The summed E-state index contributed by atoms with van der Waals surface area (Å²) in [6.45, 7) is 0. The van der Waals surface area contributed by atoms with Gasteiger partial charge in [-0.05, 0) is 23.3 Å². The predicted octanol–water partition coefficient (Wildman–Crippen LogP) is 2.72. The number of methoxy groups -OCH3 is 2. The van der Waals surface area contributed by atoms with E-state index in [0.29, 0.717) is 0 Å². The molecule has 0 aromatic carbocycles. The van der Waals surface area contributed by atoms with Gasteiger partial charge in [-0.3, -0.25) is 0 Å². The van der Waals surface area contributed by atoms with Gasteiger partial charge >= 0.3 is 0 Å². The van der Waals surface area contributed by atoms with Crippen LogP contribution < -0.4 is 0 Å². The number of rotatable bonds is 6. The molecule has 3 heteroatoms. The Hall–Kier alpha value is 0.390. The third kappa shape index (κ3) is 6.77. The molecule has 0 saturated carbocycles. The van der Waals surface area contributed by atoms with Crippen molar-refractivity contribution in [3.63, 3.8) is 0 Å². The maximum atomic E-state index is 5.03. The maximum absolute atomic E-state index is 5.03. The van der Waals surface area contributed by atoms with E-state index in [1.54, 1.807) is 14.2 Å². The Morgan fingerprint density at radius 1 is 1.36 bits per heavy atom. The zero-order chi connectivity index (χ0) is 8.53. The summed E-state index contributed by atoms with van der Waals surface area (Å²) in [4.78, 5) is 0. The normalized spacial score (nSPS) is 11.6. The molecule has 0 amide bonds. The topological polar surface area (TPSA) is 18.5 Å². The van der Waals surface area contributed by atoms with E-state index in [-0.39, 0.29) is 6.29 Å². The molecule has 0 spiro atoms. The van der Waals surface area contributed by atoms with E-state index < -0.39 is 0 Å². The Morgan fingerprint density at radius 2 is 2.00 bits per heavy atom. The molecule has 11 heavy (non-hydrogen) atoms. The van der Waals surface area contributed by atoms with Crippen LogP contribution in [-0.4, -0.2) is 20.5 Å². The van der Waals surface area contributed by atoms with Gasteiger partial charge in [0.05, 0.1) is 0 Å². The van der Waals surface area contributed by atoms with Crippen molar-refractivity contribution in [2.75, 3.05) is 14.2 Å².